The van der Waals surface area contributed by atoms with Gasteiger partial charge in [0.25, 0.3) is 0 Å². The second-order valence-electron chi connectivity index (χ2n) is 8.28. The molecule has 0 spiro atoms. The van der Waals surface area contributed by atoms with Gasteiger partial charge in [0.05, 0.1) is 0 Å². The summed E-state index contributed by atoms with van der Waals surface area (Å²) in [5, 5.41) is 0. The Labute approximate surface area is 178 Å². The van der Waals surface area contributed by atoms with E-state index in [0.29, 0.717) is 5.92 Å². The van der Waals surface area contributed by atoms with Gasteiger partial charge in [0.15, 0.2) is 0 Å². The topological polar surface area (TPSA) is 9.23 Å². The Bertz CT molecular complexity index is 748. The van der Waals surface area contributed by atoms with Crippen molar-refractivity contribution in [1.29, 1.82) is 0 Å². The van der Waals surface area contributed by atoms with E-state index in [1.807, 2.05) is 0 Å². The molecule has 0 radical (unpaired) electrons. The van der Waals surface area contributed by atoms with Crippen LogP contribution in [0.25, 0.3) is 0 Å². The molecule has 1 aromatic carbocycles. The molecule has 1 atom stereocenters. The van der Waals surface area contributed by atoms with Crippen LogP contribution < -0.4 is 3.32 Å². The number of hydrogen-bond acceptors (Lipinski definition) is 1. The Morgan fingerprint density at radius 3 is 2.00 bits per heavy atom. The molecule has 1 aliphatic carbocycles. The molecule has 0 aliphatic heterocycles. The van der Waals surface area contributed by atoms with Crippen LogP contribution in [0.1, 0.15) is 67.9 Å². The molecule has 0 N–H and O–H groups in total. The summed E-state index contributed by atoms with van der Waals surface area (Å²) in [7, 11) is 0. The van der Waals surface area contributed by atoms with Crippen LogP contribution in [0.15, 0.2) is 44.9 Å². The third kappa shape index (κ3) is 5.35. The van der Waals surface area contributed by atoms with Crippen LogP contribution in [-0.2, 0) is 23.2 Å². The van der Waals surface area contributed by atoms with Crippen LogP contribution in [0, 0.1) is 5.92 Å². The van der Waals surface area contributed by atoms with E-state index in [1.165, 1.54) is 26.1 Å². The second kappa shape index (κ2) is 9.74. The first-order chi connectivity index (χ1) is 11.0. The van der Waals surface area contributed by atoms with Crippen LogP contribution in [0.4, 0.5) is 0 Å². The molecule has 4 heteroatoms. The van der Waals surface area contributed by atoms with Gasteiger partial charge in [-0.05, 0) is 0 Å². The van der Waals surface area contributed by atoms with Crippen LogP contribution in [0.5, 0.6) is 5.75 Å². The zero-order valence-electron chi connectivity index (χ0n) is 17.6. The van der Waals surface area contributed by atoms with Gasteiger partial charge in [0.1, 0.15) is 0 Å². The fourth-order valence-corrected chi connectivity index (χ4v) is 6.98. The first kappa shape index (κ1) is 25.7. The summed E-state index contributed by atoms with van der Waals surface area (Å²) < 4.78 is 9.74. The Kier molecular flexibility index (Phi) is 9.61. The fraction of sp³-hybridized carbons (Fsp3) is 0.500. The van der Waals surface area contributed by atoms with E-state index in [1.54, 1.807) is 3.88 Å². The average Bonchev–Trinajstić information content (AvgIpc) is 2.68. The Morgan fingerprint density at radius 2 is 1.58 bits per heavy atom. The molecule has 146 valence electrons. The van der Waals surface area contributed by atoms with Crippen molar-refractivity contribution >= 4 is 28.6 Å². The smallest absolute Gasteiger partial charge is 0.147 e. The summed E-state index contributed by atoms with van der Waals surface area (Å²) in [5.74, 6) is 1.56. The van der Waals surface area contributed by atoms with Gasteiger partial charge in [-0.1, -0.05) is 0 Å². The standard InChI is InChI=1S/C10H14O.C9H13.C3H6.2ClH.Ti/c1-10(2,3)8-5-4-6-9(11)7-8;1-6-5-7(2)9(4)8(6)3;1-3-2;;;/h4-7,11H,1-3H3;6H,1-4H3;1-2H3;2*1H;/q;;;;;+1/p-1. The summed E-state index contributed by atoms with van der Waals surface area (Å²) in [6.07, 6.45) is 0. The van der Waals surface area contributed by atoms with Crippen LogP contribution in [0.3, 0.4) is 0 Å². The van der Waals surface area contributed by atoms with E-state index >= 15 is 0 Å². The molecule has 1 nitrogen and oxygen atoms in total. The van der Waals surface area contributed by atoms with Gasteiger partial charge < -0.3 is 0 Å². The third-order valence-corrected chi connectivity index (χ3v) is 9.39. The molecule has 0 bridgehead atoms. The third-order valence-electron chi connectivity index (χ3n) is 5.26. The van der Waals surface area contributed by atoms with Crippen molar-refractivity contribution < 1.29 is 21.1 Å². The van der Waals surface area contributed by atoms with E-state index in [-0.39, 0.29) is 30.2 Å². The maximum atomic E-state index is 6.68. The zero-order chi connectivity index (χ0) is 18.2. The monoisotopic (exact) mass is 432 g/mol. The molecule has 26 heavy (non-hydrogen) atoms. The van der Waals surface area contributed by atoms with Crippen molar-refractivity contribution in [2.45, 2.75) is 67.7 Å². The first-order valence-corrected chi connectivity index (χ1v) is 11.1. The van der Waals surface area contributed by atoms with Crippen molar-refractivity contribution in [2.75, 3.05) is 0 Å². The average molecular weight is 433 g/mol. The number of allylic oxidation sites excluding steroid dienone is 4. The fourth-order valence-electron chi connectivity index (χ4n) is 3.30. The molecule has 0 aromatic heterocycles. The molecule has 2 rings (SSSR count). The molecule has 1 unspecified atom stereocenters. The van der Waals surface area contributed by atoms with Gasteiger partial charge >= 0.3 is 155 Å². The first-order valence-electron chi connectivity index (χ1n) is 8.88. The molecule has 0 fully saturated rings. The number of benzene rings is 1. The SMILES string of the molecule is CC1=C(C)C(C)[C]([Ti]([O]c2cccc(C(C)(C)C)c2)=[C](C)C)=C1C.Cl.Cl. The maximum absolute atomic E-state index is 6.68. The Morgan fingerprint density at radius 1 is 1.00 bits per heavy atom. The summed E-state index contributed by atoms with van der Waals surface area (Å²) >= 11 is -1.93. The van der Waals surface area contributed by atoms with Crippen LogP contribution in [0.2, 0.25) is 0 Å². The van der Waals surface area contributed by atoms with E-state index in [2.05, 4.69) is 86.6 Å². The van der Waals surface area contributed by atoms with Crippen LogP contribution in [-0.4, -0.2) is 3.81 Å². The van der Waals surface area contributed by atoms with Crippen molar-refractivity contribution in [3.05, 3.63) is 50.4 Å². The van der Waals surface area contributed by atoms with E-state index in [0.717, 1.165) is 5.75 Å². The van der Waals surface area contributed by atoms with Gasteiger partial charge in [-0.15, -0.1) is 24.8 Å². The Balaban J connectivity index is 0.00000312. The number of rotatable bonds is 3. The molecule has 1 aliphatic rings. The van der Waals surface area contributed by atoms with Crippen LogP contribution >= 0.6 is 24.8 Å². The van der Waals surface area contributed by atoms with Crippen molar-refractivity contribution in [3.8, 4) is 5.75 Å². The zero-order valence-corrected chi connectivity index (χ0v) is 20.8. The molecule has 1 aromatic rings. The largest absolute Gasteiger partial charge is 0.147 e. The minimum Gasteiger partial charge on any atom is -0.147 e. The van der Waals surface area contributed by atoms with E-state index < -0.39 is 17.8 Å². The maximum Gasteiger partial charge on any atom is -0.147 e. The Hall–Kier alpha value is -0.336. The summed E-state index contributed by atoms with van der Waals surface area (Å²) in [6, 6.07) is 8.69. The van der Waals surface area contributed by atoms with Gasteiger partial charge in [0.2, 0.25) is 0 Å². The van der Waals surface area contributed by atoms with Crippen molar-refractivity contribution in [2.24, 2.45) is 5.92 Å². The normalized spacial score (nSPS) is 16.9. The molecule has 0 saturated heterocycles. The molecular weight excluding hydrogens is 399 g/mol. The van der Waals surface area contributed by atoms with Gasteiger partial charge in [-0.2, -0.15) is 0 Å². The van der Waals surface area contributed by atoms with Gasteiger partial charge in [-0.25, -0.2) is 0 Å². The number of halogens is 2. The second-order valence-corrected chi connectivity index (χ2v) is 12.0. The minimum absolute atomic E-state index is 0. The summed E-state index contributed by atoms with van der Waals surface area (Å²) in [4.78, 5) is 0. The van der Waals surface area contributed by atoms with Crippen molar-refractivity contribution in [1.82, 2.24) is 0 Å². The molecule has 0 heterocycles. The van der Waals surface area contributed by atoms with Crippen molar-refractivity contribution in [3.63, 3.8) is 0 Å². The predicted octanol–water partition coefficient (Wildman–Crippen LogP) is 7.21. The molecule has 0 amide bonds. The number of hydrogen-bond donors (Lipinski definition) is 0. The molecular formula is C22H34Cl2OTi. The molecule has 0 saturated carbocycles. The van der Waals surface area contributed by atoms with E-state index in [9.17, 15) is 0 Å². The summed E-state index contributed by atoms with van der Waals surface area (Å²) in [5.41, 5.74) is 5.94. The summed E-state index contributed by atoms with van der Waals surface area (Å²) in [6.45, 7) is 20.4. The van der Waals surface area contributed by atoms with Gasteiger partial charge in [0, 0.05) is 0 Å². The minimum atomic E-state index is -1.93. The van der Waals surface area contributed by atoms with E-state index in [4.69, 9.17) is 3.32 Å². The predicted molar refractivity (Wildman–Crippen MR) is 117 cm³/mol. The quantitative estimate of drug-likeness (QED) is 0.458. The van der Waals surface area contributed by atoms with Gasteiger partial charge in [-0.3, -0.25) is 0 Å².